The summed E-state index contributed by atoms with van der Waals surface area (Å²) < 4.78 is 1.97. The summed E-state index contributed by atoms with van der Waals surface area (Å²) in [4.78, 5) is 8.64. The van der Waals surface area contributed by atoms with Crippen LogP contribution in [-0.4, -0.2) is 33.8 Å². The van der Waals surface area contributed by atoms with E-state index in [1.165, 1.54) is 16.3 Å². The van der Waals surface area contributed by atoms with E-state index < -0.39 is 0 Å². The molecule has 6 heteroatoms. The Kier molecular flexibility index (Phi) is 4.33. The molecule has 0 amide bonds. The van der Waals surface area contributed by atoms with Crippen LogP contribution in [0.2, 0.25) is 0 Å². The molecule has 3 aromatic rings. The number of rotatable bonds is 3. The molecule has 25 heavy (non-hydrogen) atoms. The second kappa shape index (κ2) is 6.93. The molecule has 1 atom stereocenters. The van der Waals surface area contributed by atoms with E-state index in [-0.39, 0.29) is 0 Å². The van der Waals surface area contributed by atoms with Crippen molar-refractivity contribution in [2.24, 2.45) is 4.99 Å². The number of aliphatic imine (C=N–C) groups is 1. The Bertz CT molecular complexity index is 892. The Hall–Kier alpha value is -2.89. The summed E-state index contributed by atoms with van der Waals surface area (Å²) in [6.45, 7) is 1.56. The Labute approximate surface area is 147 Å². The standard InChI is InChI=1S/C19H22N6/c1-20-19(24-16-9-10-18-22-13-23-25(18)12-16)21-11-15-7-4-6-14-5-2-3-8-17(14)15/h2-8,13,16H,9-12H2,1H3,(H2,20,21,24). The van der Waals surface area contributed by atoms with Gasteiger partial charge < -0.3 is 10.6 Å². The predicted molar refractivity (Wildman–Crippen MR) is 99.4 cm³/mol. The van der Waals surface area contributed by atoms with Crippen LogP contribution in [0.1, 0.15) is 17.8 Å². The molecule has 1 aliphatic heterocycles. The van der Waals surface area contributed by atoms with E-state index in [9.17, 15) is 0 Å². The van der Waals surface area contributed by atoms with Gasteiger partial charge in [0.25, 0.3) is 0 Å². The summed E-state index contributed by atoms with van der Waals surface area (Å²) in [6.07, 6.45) is 3.61. The van der Waals surface area contributed by atoms with Gasteiger partial charge in [-0.15, -0.1) is 0 Å². The van der Waals surface area contributed by atoms with Gasteiger partial charge in [-0.2, -0.15) is 5.10 Å². The number of guanidine groups is 1. The summed E-state index contributed by atoms with van der Waals surface area (Å²) >= 11 is 0. The molecule has 1 aromatic heterocycles. The number of nitrogens with zero attached hydrogens (tertiary/aromatic N) is 4. The molecule has 0 bridgehead atoms. The Morgan fingerprint density at radius 3 is 3.04 bits per heavy atom. The van der Waals surface area contributed by atoms with Crippen LogP contribution >= 0.6 is 0 Å². The smallest absolute Gasteiger partial charge is 0.191 e. The highest BCUT2D eigenvalue weighted by molar-refractivity contribution is 5.86. The average Bonchev–Trinajstić information content (AvgIpc) is 3.13. The fraction of sp³-hybridized carbons (Fsp3) is 0.316. The van der Waals surface area contributed by atoms with E-state index in [1.54, 1.807) is 6.33 Å². The molecule has 2 N–H and O–H groups in total. The minimum atomic E-state index is 0.313. The van der Waals surface area contributed by atoms with Crippen molar-refractivity contribution in [3.63, 3.8) is 0 Å². The maximum atomic E-state index is 4.37. The van der Waals surface area contributed by atoms with Crippen molar-refractivity contribution in [2.45, 2.75) is 32.0 Å². The van der Waals surface area contributed by atoms with Gasteiger partial charge >= 0.3 is 0 Å². The minimum absolute atomic E-state index is 0.313. The topological polar surface area (TPSA) is 67.1 Å². The quantitative estimate of drug-likeness (QED) is 0.569. The van der Waals surface area contributed by atoms with Crippen molar-refractivity contribution in [2.75, 3.05) is 7.05 Å². The SMILES string of the molecule is CN=C(NCc1cccc2ccccc12)NC1CCc2ncnn2C1. The molecule has 1 unspecified atom stereocenters. The lowest BCUT2D eigenvalue weighted by Gasteiger charge is -2.25. The molecule has 0 radical (unpaired) electrons. The maximum Gasteiger partial charge on any atom is 0.191 e. The molecule has 1 aliphatic rings. The lowest BCUT2D eigenvalue weighted by molar-refractivity contribution is 0.392. The first-order valence-corrected chi connectivity index (χ1v) is 8.64. The first-order chi connectivity index (χ1) is 12.3. The number of aryl methyl sites for hydroxylation is 1. The van der Waals surface area contributed by atoms with Crippen LogP contribution in [0.15, 0.2) is 53.8 Å². The third-order valence-corrected chi connectivity index (χ3v) is 4.70. The van der Waals surface area contributed by atoms with Crippen LogP contribution in [-0.2, 0) is 19.5 Å². The van der Waals surface area contributed by atoms with Crippen molar-refractivity contribution < 1.29 is 0 Å². The van der Waals surface area contributed by atoms with Crippen molar-refractivity contribution in [3.05, 3.63) is 60.2 Å². The van der Waals surface area contributed by atoms with Gasteiger partial charge in [0.15, 0.2) is 5.96 Å². The van der Waals surface area contributed by atoms with Crippen LogP contribution in [0.25, 0.3) is 10.8 Å². The lowest BCUT2D eigenvalue weighted by Crippen LogP contribution is -2.46. The highest BCUT2D eigenvalue weighted by Gasteiger charge is 2.20. The van der Waals surface area contributed by atoms with E-state index in [0.717, 1.165) is 37.7 Å². The van der Waals surface area contributed by atoms with Gasteiger partial charge in [0.1, 0.15) is 12.2 Å². The highest BCUT2D eigenvalue weighted by atomic mass is 15.4. The first kappa shape index (κ1) is 15.6. The number of hydrogen-bond acceptors (Lipinski definition) is 3. The Morgan fingerprint density at radius 1 is 1.24 bits per heavy atom. The van der Waals surface area contributed by atoms with Crippen LogP contribution in [0.4, 0.5) is 0 Å². The molecule has 0 saturated heterocycles. The summed E-state index contributed by atoms with van der Waals surface area (Å²) in [5.74, 6) is 1.89. The van der Waals surface area contributed by atoms with Gasteiger partial charge in [0.2, 0.25) is 0 Å². The minimum Gasteiger partial charge on any atom is -0.352 e. The van der Waals surface area contributed by atoms with E-state index in [2.05, 4.69) is 68.2 Å². The molecular formula is C19H22N6. The Balaban J connectivity index is 1.41. The zero-order valence-corrected chi connectivity index (χ0v) is 14.3. The van der Waals surface area contributed by atoms with Crippen LogP contribution in [0.3, 0.4) is 0 Å². The first-order valence-electron chi connectivity index (χ1n) is 8.64. The highest BCUT2D eigenvalue weighted by Crippen LogP contribution is 2.18. The molecule has 0 spiro atoms. The predicted octanol–water partition coefficient (Wildman–Crippen LogP) is 2.11. The number of benzene rings is 2. The number of fused-ring (bicyclic) bond motifs is 2. The van der Waals surface area contributed by atoms with E-state index in [1.807, 2.05) is 11.7 Å². The average molecular weight is 334 g/mol. The third-order valence-electron chi connectivity index (χ3n) is 4.70. The van der Waals surface area contributed by atoms with E-state index in [4.69, 9.17) is 0 Å². The van der Waals surface area contributed by atoms with Crippen molar-refractivity contribution in [3.8, 4) is 0 Å². The molecule has 0 saturated carbocycles. The molecular weight excluding hydrogens is 312 g/mol. The maximum absolute atomic E-state index is 4.37. The normalized spacial score (nSPS) is 17.3. The van der Waals surface area contributed by atoms with E-state index in [0.29, 0.717) is 6.04 Å². The Morgan fingerprint density at radius 2 is 2.12 bits per heavy atom. The third kappa shape index (κ3) is 3.33. The van der Waals surface area contributed by atoms with Gasteiger partial charge in [0.05, 0.1) is 6.54 Å². The summed E-state index contributed by atoms with van der Waals surface area (Å²) in [6, 6.07) is 15.2. The summed E-state index contributed by atoms with van der Waals surface area (Å²) in [5.41, 5.74) is 1.27. The molecule has 6 nitrogen and oxygen atoms in total. The molecule has 0 fully saturated rings. The lowest BCUT2D eigenvalue weighted by atomic mass is 10.0. The fourth-order valence-electron chi connectivity index (χ4n) is 3.37. The molecule has 4 rings (SSSR count). The molecule has 128 valence electrons. The number of nitrogens with one attached hydrogen (secondary N) is 2. The molecule has 0 aliphatic carbocycles. The largest absolute Gasteiger partial charge is 0.352 e. The molecule has 2 heterocycles. The van der Waals surface area contributed by atoms with Gasteiger partial charge in [-0.25, -0.2) is 9.67 Å². The van der Waals surface area contributed by atoms with Crippen LogP contribution in [0, 0.1) is 0 Å². The monoisotopic (exact) mass is 334 g/mol. The number of hydrogen-bond donors (Lipinski definition) is 2. The van der Waals surface area contributed by atoms with Gasteiger partial charge in [-0.05, 0) is 22.8 Å². The second-order valence-corrected chi connectivity index (χ2v) is 6.30. The second-order valence-electron chi connectivity index (χ2n) is 6.30. The molecule has 2 aromatic carbocycles. The van der Waals surface area contributed by atoms with Gasteiger partial charge in [0, 0.05) is 26.1 Å². The van der Waals surface area contributed by atoms with Crippen molar-refractivity contribution >= 4 is 16.7 Å². The summed E-state index contributed by atoms with van der Waals surface area (Å²) in [5, 5.41) is 13.8. The zero-order valence-electron chi connectivity index (χ0n) is 14.3. The van der Waals surface area contributed by atoms with Crippen LogP contribution in [0.5, 0.6) is 0 Å². The van der Waals surface area contributed by atoms with Crippen molar-refractivity contribution in [1.82, 2.24) is 25.4 Å². The van der Waals surface area contributed by atoms with Crippen molar-refractivity contribution in [1.29, 1.82) is 0 Å². The van der Waals surface area contributed by atoms with Crippen LogP contribution < -0.4 is 10.6 Å². The number of aromatic nitrogens is 3. The zero-order chi connectivity index (χ0) is 17.1. The summed E-state index contributed by atoms with van der Waals surface area (Å²) in [7, 11) is 1.81. The van der Waals surface area contributed by atoms with Gasteiger partial charge in [-0.3, -0.25) is 4.99 Å². The fourth-order valence-corrected chi connectivity index (χ4v) is 3.37. The van der Waals surface area contributed by atoms with E-state index >= 15 is 0 Å². The van der Waals surface area contributed by atoms with Gasteiger partial charge in [-0.1, -0.05) is 42.5 Å².